The fraction of sp³-hybridized carbons (Fsp3) is 0.583. The zero-order valence-electron chi connectivity index (χ0n) is 11.3. The highest BCUT2D eigenvalue weighted by molar-refractivity contribution is 7.91. The Balaban J connectivity index is 2.79. The van der Waals surface area contributed by atoms with Crippen molar-refractivity contribution in [2.75, 3.05) is 35.8 Å². The molecule has 1 unspecified atom stereocenters. The molecule has 18 heavy (non-hydrogen) atoms. The molecule has 0 saturated heterocycles. The van der Waals surface area contributed by atoms with Gasteiger partial charge in [-0.05, 0) is 19.1 Å². The van der Waals surface area contributed by atoms with Gasteiger partial charge in [0.15, 0.2) is 15.7 Å². The van der Waals surface area contributed by atoms with E-state index in [1.807, 2.05) is 38.1 Å². The van der Waals surface area contributed by atoms with Crippen LogP contribution in [0.3, 0.4) is 0 Å². The first-order valence-corrected chi connectivity index (χ1v) is 7.77. The van der Waals surface area contributed by atoms with Crippen molar-refractivity contribution in [2.45, 2.75) is 19.9 Å². The summed E-state index contributed by atoms with van der Waals surface area (Å²) in [7, 11) is 0.839. The lowest BCUT2D eigenvalue weighted by Crippen LogP contribution is -2.27. The molecule has 1 atom stereocenters. The Bertz CT molecular complexity index is 486. The van der Waals surface area contributed by atoms with Gasteiger partial charge in [0, 0.05) is 32.1 Å². The van der Waals surface area contributed by atoms with Crippen LogP contribution in [0, 0.1) is 0 Å². The van der Waals surface area contributed by atoms with E-state index in [1.165, 1.54) is 0 Å². The molecule has 0 bridgehead atoms. The van der Waals surface area contributed by atoms with E-state index in [9.17, 15) is 8.42 Å². The first kappa shape index (κ1) is 14.8. The van der Waals surface area contributed by atoms with Crippen LogP contribution in [-0.2, 0) is 9.84 Å². The van der Waals surface area contributed by atoms with E-state index >= 15 is 0 Å². The smallest absolute Gasteiger partial charge is 0.152 e. The third kappa shape index (κ3) is 4.18. The molecular formula is C12H21N3O2S. The lowest BCUT2D eigenvalue weighted by Gasteiger charge is -2.20. The number of rotatable bonds is 6. The van der Waals surface area contributed by atoms with Crippen LogP contribution in [0.15, 0.2) is 18.3 Å². The van der Waals surface area contributed by atoms with Gasteiger partial charge >= 0.3 is 0 Å². The standard InChI is InChI=1S/C12H21N3O2S/c1-5-18(16,17)9-10(2)14-11-7-6-8-13-12(11)15(3)4/h6-8,10,14H,5,9H2,1-4H3. The minimum absolute atomic E-state index is 0.130. The van der Waals surface area contributed by atoms with Gasteiger partial charge < -0.3 is 10.2 Å². The number of nitrogens with one attached hydrogen (secondary N) is 1. The van der Waals surface area contributed by atoms with E-state index in [0.717, 1.165) is 11.5 Å². The highest BCUT2D eigenvalue weighted by Crippen LogP contribution is 2.21. The molecule has 6 heteroatoms. The normalized spacial score (nSPS) is 13.1. The second kappa shape index (κ2) is 6.04. The van der Waals surface area contributed by atoms with E-state index in [-0.39, 0.29) is 17.5 Å². The van der Waals surface area contributed by atoms with Crippen molar-refractivity contribution in [3.63, 3.8) is 0 Å². The monoisotopic (exact) mass is 271 g/mol. The molecule has 0 aromatic carbocycles. The predicted octanol–water partition coefficient (Wildman–Crippen LogP) is 1.38. The summed E-state index contributed by atoms with van der Waals surface area (Å²) in [4.78, 5) is 6.15. The molecule has 0 aliphatic carbocycles. The fourth-order valence-corrected chi connectivity index (χ4v) is 2.75. The molecule has 102 valence electrons. The zero-order chi connectivity index (χ0) is 13.8. The zero-order valence-corrected chi connectivity index (χ0v) is 12.2. The summed E-state index contributed by atoms with van der Waals surface area (Å²) in [5.41, 5.74) is 0.848. The second-order valence-corrected chi connectivity index (χ2v) is 6.91. The van der Waals surface area contributed by atoms with Crippen molar-refractivity contribution in [1.29, 1.82) is 0 Å². The molecule has 0 spiro atoms. The van der Waals surface area contributed by atoms with Gasteiger partial charge in [0.1, 0.15) is 0 Å². The molecule has 0 aliphatic heterocycles. The van der Waals surface area contributed by atoms with Gasteiger partial charge in [0.25, 0.3) is 0 Å². The summed E-state index contributed by atoms with van der Waals surface area (Å²) >= 11 is 0. The van der Waals surface area contributed by atoms with Crippen molar-refractivity contribution in [1.82, 2.24) is 4.98 Å². The van der Waals surface area contributed by atoms with Crippen LogP contribution in [0.5, 0.6) is 0 Å². The number of aromatic nitrogens is 1. The lowest BCUT2D eigenvalue weighted by molar-refractivity contribution is 0.593. The molecule has 0 amide bonds. The number of hydrogen-bond donors (Lipinski definition) is 1. The van der Waals surface area contributed by atoms with Gasteiger partial charge in [-0.2, -0.15) is 0 Å². The van der Waals surface area contributed by atoms with E-state index in [0.29, 0.717) is 0 Å². The summed E-state index contributed by atoms with van der Waals surface area (Å²) in [6, 6.07) is 3.59. The maximum absolute atomic E-state index is 11.6. The van der Waals surface area contributed by atoms with Gasteiger partial charge in [0.2, 0.25) is 0 Å². The summed E-state index contributed by atoms with van der Waals surface area (Å²) in [5, 5.41) is 3.20. The van der Waals surface area contributed by atoms with Crippen molar-refractivity contribution in [3.05, 3.63) is 18.3 Å². The van der Waals surface area contributed by atoms with Crippen LogP contribution in [-0.4, -0.2) is 45.0 Å². The van der Waals surface area contributed by atoms with Gasteiger partial charge in [-0.25, -0.2) is 13.4 Å². The van der Waals surface area contributed by atoms with Crippen LogP contribution < -0.4 is 10.2 Å². The molecule has 1 aromatic rings. The number of hydrogen-bond acceptors (Lipinski definition) is 5. The topological polar surface area (TPSA) is 62.3 Å². The fourth-order valence-electron chi connectivity index (χ4n) is 1.67. The van der Waals surface area contributed by atoms with E-state index in [4.69, 9.17) is 0 Å². The SMILES string of the molecule is CCS(=O)(=O)CC(C)Nc1cccnc1N(C)C. The minimum Gasteiger partial charge on any atom is -0.379 e. The molecule has 1 rings (SSSR count). The van der Waals surface area contributed by atoms with Crippen LogP contribution in [0.25, 0.3) is 0 Å². The Kier molecular flexibility index (Phi) is 4.95. The average Bonchev–Trinajstić information content (AvgIpc) is 2.28. The maximum atomic E-state index is 11.6. The van der Waals surface area contributed by atoms with Crippen LogP contribution in [0.4, 0.5) is 11.5 Å². The quantitative estimate of drug-likeness (QED) is 0.847. The van der Waals surface area contributed by atoms with Crippen LogP contribution in [0.1, 0.15) is 13.8 Å². The molecule has 0 saturated carbocycles. The first-order valence-electron chi connectivity index (χ1n) is 5.95. The summed E-state index contributed by atoms with van der Waals surface area (Å²) in [5.74, 6) is 1.11. The van der Waals surface area contributed by atoms with Crippen LogP contribution >= 0.6 is 0 Å². The number of sulfone groups is 1. The average molecular weight is 271 g/mol. The summed E-state index contributed by atoms with van der Waals surface area (Å²) in [6.07, 6.45) is 1.72. The predicted molar refractivity (Wildman–Crippen MR) is 76.0 cm³/mol. The number of nitrogens with zero attached hydrogens (tertiary/aromatic N) is 2. The van der Waals surface area contributed by atoms with E-state index in [1.54, 1.807) is 13.1 Å². The Hall–Kier alpha value is -1.30. The van der Waals surface area contributed by atoms with Crippen molar-refractivity contribution < 1.29 is 8.42 Å². The Morgan fingerprint density at radius 2 is 2.11 bits per heavy atom. The third-order valence-corrected chi connectivity index (χ3v) is 4.44. The summed E-state index contributed by atoms with van der Waals surface area (Å²) in [6.45, 7) is 3.52. The van der Waals surface area contributed by atoms with Crippen LogP contribution in [0.2, 0.25) is 0 Å². The van der Waals surface area contributed by atoms with Crippen molar-refractivity contribution in [2.24, 2.45) is 0 Å². The minimum atomic E-state index is -2.97. The van der Waals surface area contributed by atoms with Gasteiger partial charge in [-0.3, -0.25) is 0 Å². The highest BCUT2D eigenvalue weighted by atomic mass is 32.2. The first-order chi connectivity index (χ1) is 8.35. The maximum Gasteiger partial charge on any atom is 0.152 e. The molecule has 1 N–H and O–H groups in total. The highest BCUT2D eigenvalue weighted by Gasteiger charge is 2.15. The molecule has 0 fully saturated rings. The number of pyridine rings is 1. The second-order valence-electron chi connectivity index (χ2n) is 4.51. The van der Waals surface area contributed by atoms with E-state index < -0.39 is 9.84 Å². The molecule has 1 heterocycles. The Labute approximate surface area is 109 Å². The van der Waals surface area contributed by atoms with Crippen molar-refractivity contribution >= 4 is 21.3 Å². The van der Waals surface area contributed by atoms with E-state index in [2.05, 4.69) is 10.3 Å². The van der Waals surface area contributed by atoms with Crippen molar-refractivity contribution in [3.8, 4) is 0 Å². The van der Waals surface area contributed by atoms with Gasteiger partial charge in [-0.1, -0.05) is 6.92 Å². The third-order valence-electron chi connectivity index (χ3n) is 2.56. The molecule has 1 aromatic heterocycles. The summed E-state index contributed by atoms with van der Waals surface area (Å²) < 4.78 is 23.1. The Morgan fingerprint density at radius 1 is 1.44 bits per heavy atom. The molecule has 5 nitrogen and oxygen atoms in total. The van der Waals surface area contributed by atoms with Gasteiger partial charge in [-0.15, -0.1) is 0 Å². The molecule has 0 radical (unpaired) electrons. The Morgan fingerprint density at radius 3 is 2.67 bits per heavy atom. The van der Waals surface area contributed by atoms with Gasteiger partial charge in [0.05, 0.1) is 11.4 Å². The number of anilines is 2. The molecular weight excluding hydrogens is 250 g/mol. The lowest BCUT2D eigenvalue weighted by atomic mass is 10.3. The molecule has 0 aliphatic rings. The largest absolute Gasteiger partial charge is 0.379 e.